The molecule has 4 nitrogen and oxygen atoms in total. The second-order valence-electron chi connectivity index (χ2n) is 0.513. The summed E-state index contributed by atoms with van der Waals surface area (Å²) in [5.74, 6) is 0. The molecule has 0 spiro atoms. The van der Waals surface area contributed by atoms with E-state index in [1.165, 1.54) is 0 Å². The molecule has 0 heterocycles. The summed E-state index contributed by atoms with van der Waals surface area (Å²) in [5.41, 5.74) is 0. The van der Waals surface area contributed by atoms with Crippen LogP contribution < -0.4 is 29.6 Å². The van der Waals surface area contributed by atoms with Crippen molar-refractivity contribution >= 4 is 7.82 Å². The minimum atomic E-state index is -4.64. The van der Waals surface area contributed by atoms with Gasteiger partial charge in [0.25, 0.3) is 0 Å². The van der Waals surface area contributed by atoms with Crippen LogP contribution in [0.2, 0.25) is 0 Å². The van der Waals surface area contributed by atoms with Crippen LogP contribution in [0.5, 0.6) is 0 Å². The van der Waals surface area contributed by atoms with Crippen molar-refractivity contribution in [1.82, 2.24) is 0 Å². The molecule has 0 saturated carbocycles. The summed E-state index contributed by atoms with van der Waals surface area (Å²) in [6, 6.07) is 0. The molecule has 0 aliphatic carbocycles. The Hall–Kier alpha value is 1.11. The molecule has 0 bridgehead atoms. The van der Waals surface area contributed by atoms with E-state index in [-0.39, 0.29) is 31.0 Å². The molecule has 0 radical (unpaired) electrons. The quantitative estimate of drug-likeness (QED) is 0.227. The van der Waals surface area contributed by atoms with Crippen molar-refractivity contribution in [3.8, 4) is 0 Å². The van der Waals surface area contributed by atoms with E-state index in [0.717, 1.165) is 0 Å². The summed E-state index contributed by atoms with van der Waals surface area (Å²) in [6.45, 7) is 0. The van der Waals surface area contributed by atoms with Crippen molar-refractivity contribution in [3.05, 3.63) is 0 Å². The first-order chi connectivity index (χ1) is 2.00. The zero-order valence-electron chi connectivity index (χ0n) is 4.20. The third kappa shape index (κ3) is 70.1. The Balaban J connectivity index is -0.0000000800. The Kier molecular flexibility index (Phi) is 5.35. The van der Waals surface area contributed by atoms with Crippen molar-refractivity contribution < 1.29 is 50.2 Å². The van der Waals surface area contributed by atoms with Gasteiger partial charge in [0.05, 0.1) is 0 Å². The van der Waals surface area contributed by atoms with E-state index in [0.29, 0.717) is 0 Å². The zero-order valence-corrected chi connectivity index (χ0v) is 6.09. The number of rotatable bonds is 0. The Morgan fingerprint density at radius 1 is 1.33 bits per heavy atom. The topological polar surface area (TPSA) is 77.8 Å². The Morgan fingerprint density at radius 2 is 1.33 bits per heavy atom. The molecule has 0 aliphatic rings. The summed E-state index contributed by atoms with van der Waals surface area (Å²) < 4.78 is 8.88. The zero-order chi connectivity index (χ0) is 4.50. The second kappa shape index (κ2) is 3.16. The van der Waals surface area contributed by atoms with Gasteiger partial charge in [0, 0.05) is 0 Å². The standard InChI is InChI=1S/Na.H3O4P/c;1-5(2,3)4/h;(H3,1,2,3,4)/q+1;/p+1. The van der Waals surface area contributed by atoms with Crippen LogP contribution in [0, 0.1) is 0 Å². The van der Waals surface area contributed by atoms with E-state index in [4.69, 9.17) is 19.2 Å². The van der Waals surface area contributed by atoms with E-state index in [1.54, 1.807) is 0 Å². The fraction of sp³-hybridized carbons (Fsp3) is 0. The maximum absolute atomic E-state index is 8.88. The molecule has 0 amide bonds. The minimum absolute atomic E-state index is 0. The first kappa shape index (κ1) is 10.2. The Labute approximate surface area is 58.2 Å². The second-order valence-corrected chi connectivity index (χ2v) is 1.54. The molecule has 0 aromatic rings. The first-order valence-electron chi connectivity index (χ1n) is 0.783. The van der Waals surface area contributed by atoms with E-state index in [9.17, 15) is 0 Å². The van der Waals surface area contributed by atoms with Crippen molar-refractivity contribution in [2.24, 2.45) is 0 Å². The van der Waals surface area contributed by atoms with Crippen molar-refractivity contribution in [2.75, 3.05) is 0 Å². The summed E-state index contributed by atoms with van der Waals surface area (Å²) in [4.78, 5) is 21.6. The summed E-state index contributed by atoms with van der Waals surface area (Å²) in [5, 5.41) is 0. The predicted molar refractivity (Wildman–Crippen MR) is 15.4 cm³/mol. The molecule has 32 valence electrons. The molecule has 6 heteroatoms. The van der Waals surface area contributed by atoms with Gasteiger partial charge in [-0.1, -0.05) is 0 Å². The maximum Gasteiger partial charge on any atom is 1.00 e. The Bertz CT molecular complexity index is 57.8. The van der Waals surface area contributed by atoms with Crippen molar-refractivity contribution in [2.45, 2.75) is 0 Å². The van der Waals surface area contributed by atoms with Gasteiger partial charge in [-0.2, -0.15) is 0 Å². The van der Waals surface area contributed by atoms with Crippen LogP contribution in [-0.2, 0) is 4.57 Å². The van der Waals surface area contributed by atoms with Gasteiger partial charge in [-0.05, 0) is 0 Å². The van der Waals surface area contributed by atoms with Gasteiger partial charge >= 0.3 is 38.8 Å². The van der Waals surface area contributed by atoms with Gasteiger partial charge in [0.2, 0.25) is 0 Å². The molecule has 6 heavy (non-hydrogen) atoms. The first-order valence-corrected chi connectivity index (χ1v) is 2.35. The molecule has 0 fully saturated rings. The van der Waals surface area contributed by atoms with Crippen LogP contribution in [0.1, 0.15) is 1.43 Å². The van der Waals surface area contributed by atoms with E-state index in [1.807, 2.05) is 0 Å². The van der Waals surface area contributed by atoms with Gasteiger partial charge in [-0.25, -0.2) is 4.57 Å². The summed E-state index contributed by atoms with van der Waals surface area (Å²) in [6.07, 6.45) is 0. The van der Waals surface area contributed by atoms with Crippen LogP contribution in [0.25, 0.3) is 0 Å². The van der Waals surface area contributed by atoms with Gasteiger partial charge in [-0.15, -0.1) is 0 Å². The molecule has 0 rings (SSSR count). The van der Waals surface area contributed by atoms with Gasteiger partial charge < -0.3 is 14.7 Å². The molecule has 0 saturated heterocycles. The molecule has 0 unspecified atom stereocenters. The van der Waals surface area contributed by atoms with Gasteiger partial charge in [0.1, 0.15) is 0 Å². The average molecular weight is 122 g/mol. The SMILES string of the molecule is O=P(O)(O)O.[H+].[Na+]. The maximum atomic E-state index is 8.88. The number of hydrogen-bond donors (Lipinski definition) is 3. The molecular weight excluding hydrogens is 118 g/mol. The third-order valence-electron chi connectivity index (χ3n) is 0. The molecule has 3 N–H and O–H groups in total. The normalized spacial score (nSPS) is 9.83. The molecule has 0 atom stereocenters. The summed E-state index contributed by atoms with van der Waals surface area (Å²) in [7, 11) is -4.64. The van der Waals surface area contributed by atoms with Crippen molar-refractivity contribution in [1.29, 1.82) is 0 Å². The average Bonchev–Trinajstić information content (AvgIpc) is 0.722. The van der Waals surface area contributed by atoms with Crippen LogP contribution in [0.4, 0.5) is 0 Å². The minimum Gasteiger partial charge on any atom is -0.303 e. The predicted octanol–water partition coefficient (Wildman–Crippen LogP) is -3.81. The van der Waals surface area contributed by atoms with Gasteiger partial charge in [-0.3, -0.25) is 0 Å². The van der Waals surface area contributed by atoms with Gasteiger partial charge in [0.15, 0.2) is 0 Å². The monoisotopic (exact) mass is 122 g/mol. The fourth-order valence-electron chi connectivity index (χ4n) is 0. The number of hydrogen-bond acceptors (Lipinski definition) is 1. The summed E-state index contributed by atoms with van der Waals surface area (Å²) >= 11 is 0. The van der Waals surface area contributed by atoms with Crippen molar-refractivity contribution in [3.63, 3.8) is 0 Å². The molecule has 0 aromatic carbocycles. The smallest absolute Gasteiger partial charge is 0.303 e. The van der Waals surface area contributed by atoms with E-state index >= 15 is 0 Å². The largest absolute Gasteiger partial charge is 1.00 e. The van der Waals surface area contributed by atoms with Crippen LogP contribution >= 0.6 is 7.82 Å². The molecule has 0 aliphatic heterocycles. The molecule has 0 aromatic heterocycles. The van der Waals surface area contributed by atoms with E-state index in [2.05, 4.69) is 0 Å². The fourth-order valence-corrected chi connectivity index (χ4v) is 0. The van der Waals surface area contributed by atoms with Crippen LogP contribution in [0.15, 0.2) is 0 Å². The van der Waals surface area contributed by atoms with E-state index < -0.39 is 7.82 Å². The third-order valence-corrected chi connectivity index (χ3v) is 0. The van der Waals surface area contributed by atoms with Crippen LogP contribution in [0.3, 0.4) is 0 Å². The van der Waals surface area contributed by atoms with Crippen LogP contribution in [-0.4, -0.2) is 14.7 Å². The number of phosphoric acid groups is 1. The molecular formula is H4NaO4P+2. The Morgan fingerprint density at radius 3 is 1.33 bits per heavy atom.